The molecule has 2 saturated carbocycles. The van der Waals surface area contributed by atoms with Crippen LogP contribution in [0.3, 0.4) is 0 Å². The van der Waals surface area contributed by atoms with Gasteiger partial charge < -0.3 is 15.5 Å². The zero-order valence-corrected chi connectivity index (χ0v) is 21.3. The summed E-state index contributed by atoms with van der Waals surface area (Å²) in [6.07, 6.45) is 11.7. The quantitative estimate of drug-likeness (QED) is 0.469. The van der Waals surface area contributed by atoms with Crippen molar-refractivity contribution in [2.24, 2.45) is 5.92 Å². The van der Waals surface area contributed by atoms with Crippen LogP contribution in [0.2, 0.25) is 5.15 Å². The van der Waals surface area contributed by atoms with Crippen LogP contribution in [0, 0.1) is 5.92 Å². The number of carbonyl (C=O) groups excluding carboxylic acids is 2. The Morgan fingerprint density at radius 1 is 0.971 bits per heavy atom. The number of carbonyl (C=O) groups is 2. The number of benzene rings is 1. The molecule has 0 atom stereocenters. The van der Waals surface area contributed by atoms with Gasteiger partial charge in [-0.15, -0.1) is 0 Å². The minimum absolute atomic E-state index is 0.00296. The van der Waals surface area contributed by atoms with Crippen LogP contribution in [0.5, 0.6) is 0 Å². The van der Waals surface area contributed by atoms with E-state index in [2.05, 4.69) is 20.6 Å². The minimum Gasteiger partial charge on any atom is -0.352 e. The lowest BCUT2D eigenvalue weighted by molar-refractivity contribution is -0.120. The fourth-order valence-corrected chi connectivity index (χ4v) is 5.32. The van der Waals surface area contributed by atoms with Gasteiger partial charge in [-0.3, -0.25) is 9.59 Å². The van der Waals surface area contributed by atoms with E-state index in [0.29, 0.717) is 41.6 Å². The molecule has 1 heterocycles. The first-order chi connectivity index (χ1) is 16.9. The van der Waals surface area contributed by atoms with Crippen molar-refractivity contribution in [2.75, 3.05) is 23.8 Å². The van der Waals surface area contributed by atoms with Gasteiger partial charge in [-0.05, 0) is 49.3 Å². The third-order valence-corrected chi connectivity index (χ3v) is 7.21. The van der Waals surface area contributed by atoms with Crippen LogP contribution in [-0.4, -0.2) is 41.4 Å². The first-order valence-electron chi connectivity index (χ1n) is 12.9. The number of anilines is 2. The molecule has 2 N–H and O–H groups in total. The average molecular weight is 498 g/mol. The molecule has 0 saturated heterocycles. The topological polar surface area (TPSA) is 87.2 Å². The molecule has 2 fully saturated rings. The highest BCUT2D eigenvalue weighted by Gasteiger charge is 2.19. The molecule has 0 bridgehead atoms. The first-order valence-corrected chi connectivity index (χ1v) is 13.2. The Bertz CT molecular complexity index is 1000. The van der Waals surface area contributed by atoms with Crippen molar-refractivity contribution < 1.29 is 9.59 Å². The van der Waals surface area contributed by atoms with E-state index in [1.807, 2.05) is 31.3 Å². The van der Waals surface area contributed by atoms with E-state index >= 15 is 0 Å². The van der Waals surface area contributed by atoms with Crippen molar-refractivity contribution in [3.8, 4) is 0 Å². The summed E-state index contributed by atoms with van der Waals surface area (Å²) < 4.78 is 0. The highest BCUT2D eigenvalue weighted by molar-refractivity contribution is 6.29. The highest BCUT2D eigenvalue weighted by atomic mass is 35.5. The Morgan fingerprint density at radius 2 is 1.66 bits per heavy atom. The van der Waals surface area contributed by atoms with Gasteiger partial charge in [-0.2, -0.15) is 0 Å². The van der Waals surface area contributed by atoms with E-state index in [1.54, 1.807) is 11.0 Å². The molecule has 1 aromatic carbocycles. The molecule has 2 aromatic rings. The van der Waals surface area contributed by atoms with Crippen LogP contribution in [0.4, 0.5) is 11.5 Å². The number of rotatable bonds is 9. The average Bonchev–Trinajstić information content (AvgIpc) is 3.33. The lowest BCUT2D eigenvalue weighted by atomic mass is 9.87. The largest absolute Gasteiger partial charge is 0.352 e. The second kappa shape index (κ2) is 12.3. The Balaban J connectivity index is 1.31. The summed E-state index contributed by atoms with van der Waals surface area (Å²) in [5.41, 5.74) is 1.82. The first kappa shape index (κ1) is 25.4. The summed E-state index contributed by atoms with van der Waals surface area (Å²) >= 11 is 6.27. The molecule has 0 spiro atoms. The van der Waals surface area contributed by atoms with Crippen LogP contribution >= 0.6 is 11.6 Å². The number of nitrogens with one attached hydrogen (secondary N) is 2. The molecule has 0 radical (unpaired) electrons. The van der Waals surface area contributed by atoms with Gasteiger partial charge in [0.05, 0.1) is 6.54 Å². The van der Waals surface area contributed by atoms with Gasteiger partial charge in [0.1, 0.15) is 16.8 Å². The van der Waals surface area contributed by atoms with E-state index < -0.39 is 0 Å². The van der Waals surface area contributed by atoms with Crippen molar-refractivity contribution in [3.63, 3.8) is 0 Å². The number of nitrogens with zero attached hydrogens (tertiary/aromatic N) is 3. The smallest absolute Gasteiger partial charge is 0.239 e. The molecule has 0 aliphatic heterocycles. The number of likely N-dealkylation sites (N-methyl/N-ethyl adjacent to an activating group) is 1. The van der Waals surface area contributed by atoms with Crippen molar-refractivity contribution in [3.05, 3.63) is 46.9 Å². The molecule has 2 aliphatic carbocycles. The zero-order valence-electron chi connectivity index (χ0n) is 20.6. The van der Waals surface area contributed by atoms with Crippen molar-refractivity contribution in [2.45, 2.75) is 76.7 Å². The summed E-state index contributed by atoms with van der Waals surface area (Å²) in [6, 6.07) is 9.75. The Morgan fingerprint density at radius 3 is 2.37 bits per heavy atom. The molecule has 4 rings (SSSR count). The van der Waals surface area contributed by atoms with Crippen LogP contribution < -0.4 is 15.5 Å². The predicted octanol–water partition coefficient (Wildman–Crippen LogP) is 5.12. The fraction of sp³-hybridized carbons (Fsp3) is 0.556. The maximum absolute atomic E-state index is 12.4. The number of hydrogen-bond donors (Lipinski definition) is 2. The Kier molecular flexibility index (Phi) is 8.96. The third kappa shape index (κ3) is 7.92. The Labute approximate surface area is 213 Å². The predicted molar refractivity (Wildman–Crippen MR) is 140 cm³/mol. The summed E-state index contributed by atoms with van der Waals surface area (Å²) in [5, 5.41) is 6.47. The summed E-state index contributed by atoms with van der Waals surface area (Å²) in [6.45, 7) is 0.221. The second-order valence-electron chi connectivity index (χ2n) is 10.0. The van der Waals surface area contributed by atoms with Gasteiger partial charge in [0.15, 0.2) is 0 Å². The molecule has 2 amide bonds. The molecule has 35 heavy (non-hydrogen) atoms. The Hall–Kier alpha value is -2.67. The van der Waals surface area contributed by atoms with Crippen molar-refractivity contribution >= 4 is 34.9 Å². The summed E-state index contributed by atoms with van der Waals surface area (Å²) in [5.74, 6) is 1.81. The van der Waals surface area contributed by atoms with E-state index in [9.17, 15) is 9.59 Å². The summed E-state index contributed by atoms with van der Waals surface area (Å²) in [4.78, 5) is 35.6. The van der Waals surface area contributed by atoms with E-state index in [-0.39, 0.29) is 18.4 Å². The SMILES string of the molecule is CN(CC(=O)NC1CCCC1)c1cc(Cl)nc(Cc2ccc(NC(=O)CC3CCCCC3)cc2)n1. The van der Waals surface area contributed by atoms with Crippen LogP contribution in [0.25, 0.3) is 0 Å². The number of halogens is 1. The van der Waals surface area contributed by atoms with Gasteiger partial charge in [-0.1, -0.05) is 55.8 Å². The van der Waals surface area contributed by atoms with Gasteiger partial charge in [-0.25, -0.2) is 9.97 Å². The molecule has 2 aliphatic rings. The maximum atomic E-state index is 12.4. The molecule has 1 aromatic heterocycles. The molecular formula is C27H36ClN5O2. The van der Waals surface area contributed by atoms with Crippen LogP contribution in [-0.2, 0) is 16.0 Å². The highest BCUT2D eigenvalue weighted by Crippen LogP contribution is 2.27. The minimum atomic E-state index is -0.00296. The molecule has 0 unspecified atom stereocenters. The number of amides is 2. The van der Waals surface area contributed by atoms with Crippen molar-refractivity contribution in [1.29, 1.82) is 0 Å². The monoisotopic (exact) mass is 497 g/mol. The van der Waals surface area contributed by atoms with E-state index in [0.717, 1.165) is 36.9 Å². The summed E-state index contributed by atoms with van der Waals surface area (Å²) in [7, 11) is 1.83. The fourth-order valence-electron chi connectivity index (χ4n) is 5.12. The van der Waals surface area contributed by atoms with Crippen LogP contribution in [0.15, 0.2) is 30.3 Å². The van der Waals surface area contributed by atoms with Gasteiger partial charge in [0.2, 0.25) is 11.8 Å². The lowest BCUT2D eigenvalue weighted by Crippen LogP contribution is -2.40. The molecular weight excluding hydrogens is 462 g/mol. The van der Waals surface area contributed by atoms with Crippen LogP contribution in [0.1, 0.15) is 75.6 Å². The maximum Gasteiger partial charge on any atom is 0.239 e. The van der Waals surface area contributed by atoms with E-state index in [1.165, 1.54) is 32.1 Å². The molecule has 188 valence electrons. The molecule has 7 nitrogen and oxygen atoms in total. The zero-order chi connectivity index (χ0) is 24.6. The lowest BCUT2D eigenvalue weighted by Gasteiger charge is -2.20. The molecule has 8 heteroatoms. The second-order valence-corrected chi connectivity index (χ2v) is 10.4. The number of aromatic nitrogens is 2. The van der Waals surface area contributed by atoms with Gasteiger partial charge in [0, 0.05) is 37.7 Å². The third-order valence-electron chi connectivity index (χ3n) is 7.02. The van der Waals surface area contributed by atoms with Gasteiger partial charge in [0.25, 0.3) is 0 Å². The normalized spacial score (nSPS) is 16.7. The van der Waals surface area contributed by atoms with Gasteiger partial charge >= 0.3 is 0 Å². The van der Waals surface area contributed by atoms with E-state index in [4.69, 9.17) is 11.6 Å². The number of hydrogen-bond acceptors (Lipinski definition) is 5. The van der Waals surface area contributed by atoms with Crippen molar-refractivity contribution in [1.82, 2.24) is 15.3 Å². The standard InChI is InChI=1S/C27H36ClN5O2/c1-33(18-27(35)30-21-9-5-6-10-21)25-17-23(28)31-24(32-25)15-20-11-13-22(14-12-20)29-26(34)16-19-7-3-2-4-8-19/h11-14,17,19,21H,2-10,15-16,18H2,1H3,(H,29,34)(H,30,35).